The average molecular weight is 385 g/mol. The number of hydrogen-bond donors (Lipinski definition) is 1. The summed E-state index contributed by atoms with van der Waals surface area (Å²) < 4.78 is 5.33. The first-order valence-corrected chi connectivity index (χ1v) is 9.92. The molecule has 1 heterocycles. The third kappa shape index (κ3) is 4.77. The zero-order valence-electron chi connectivity index (χ0n) is 16.4. The lowest BCUT2D eigenvalue weighted by molar-refractivity contribution is -0.149. The number of benzene rings is 1. The summed E-state index contributed by atoms with van der Waals surface area (Å²) in [6.07, 6.45) is 3.80. The van der Waals surface area contributed by atoms with Crippen LogP contribution in [0.4, 0.5) is 5.69 Å². The van der Waals surface area contributed by atoms with Crippen molar-refractivity contribution in [1.82, 2.24) is 5.32 Å². The Bertz CT molecular complexity index is 762. The number of carbonyl (C=O) groups excluding carboxylic acids is 3. The van der Waals surface area contributed by atoms with E-state index in [1.54, 1.807) is 31.2 Å². The first kappa shape index (κ1) is 20.0. The number of anilines is 1. The Morgan fingerprint density at radius 2 is 1.89 bits per heavy atom. The lowest BCUT2D eigenvalue weighted by Crippen LogP contribution is -2.46. The Balaban J connectivity index is 1.61. The first-order chi connectivity index (χ1) is 13.5. The van der Waals surface area contributed by atoms with Crippen molar-refractivity contribution in [2.45, 2.75) is 64.5 Å². The van der Waals surface area contributed by atoms with E-state index in [9.17, 15) is 14.4 Å². The lowest BCUT2D eigenvalue weighted by atomic mass is 9.86. The van der Waals surface area contributed by atoms with Crippen molar-refractivity contribution in [3.63, 3.8) is 0 Å². The fraction of sp³-hybridized carbons (Fsp3) is 0.524. The van der Waals surface area contributed by atoms with Gasteiger partial charge in [-0.15, -0.1) is 0 Å². The molecule has 1 aliphatic carbocycles. The number of ether oxygens (including phenoxy) is 1. The smallest absolute Gasteiger partial charge is 0.355 e. The highest BCUT2D eigenvalue weighted by molar-refractivity contribution is 6.38. The summed E-state index contributed by atoms with van der Waals surface area (Å²) in [4.78, 5) is 37.1. The second-order valence-corrected chi connectivity index (χ2v) is 7.51. The Kier molecular flexibility index (Phi) is 6.44. The number of nitrogens with one attached hydrogen (secondary N) is 1. The Morgan fingerprint density at radius 1 is 1.18 bits per heavy atom. The fourth-order valence-electron chi connectivity index (χ4n) is 3.58. The van der Waals surface area contributed by atoms with Crippen LogP contribution in [0.1, 0.15) is 52.4 Å². The van der Waals surface area contributed by atoms with Crippen molar-refractivity contribution < 1.29 is 19.1 Å². The van der Waals surface area contributed by atoms with E-state index in [1.807, 2.05) is 6.07 Å². The van der Waals surface area contributed by atoms with Gasteiger partial charge in [0.2, 0.25) is 5.91 Å². The second kappa shape index (κ2) is 8.99. The molecule has 1 fully saturated rings. The molecule has 0 spiro atoms. The van der Waals surface area contributed by atoms with Crippen LogP contribution in [0.15, 0.2) is 35.4 Å². The summed E-state index contributed by atoms with van der Waals surface area (Å²) in [6.45, 7) is 3.69. The molecule has 1 saturated carbocycles. The highest BCUT2D eigenvalue weighted by Crippen LogP contribution is 2.24. The number of hydrazone groups is 1. The monoisotopic (exact) mass is 385 g/mol. The van der Waals surface area contributed by atoms with Crippen molar-refractivity contribution >= 4 is 29.2 Å². The molecule has 0 saturated heterocycles. The highest BCUT2D eigenvalue weighted by Gasteiger charge is 2.30. The zero-order valence-corrected chi connectivity index (χ0v) is 16.4. The number of rotatable bonds is 5. The summed E-state index contributed by atoms with van der Waals surface area (Å²) in [5, 5.41) is 8.38. The maximum atomic E-state index is 12.5. The Hall–Kier alpha value is -2.70. The summed E-state index contributed by atoms with van der Waals surface area (Å²) in [5.41, 5.74) is 0.740. The number of hydrogen-bond acceptors (Lipinski definition) is 5. The molecular formula is C21H27N3O4. The maximum absolute atomic E-state index is 12.5. The molecule has 0 unspecified atom stereocenters. The van der Waals surface area contributed by atoms with E-state index in [0.29, 0.717) is 11.6 Å². The number of nitrogens with zero attached hydrogens (tertiary/aromatic N) is 2. The van der Waals surface area contributed by atoms with Crippen molar-refractivity contribution in [3.8, 4) is 0 Å². The van der Waals surface area contributed by atoms with Gasteiger partial charge in [0.05, 0.1) is 5.69 Å². The molecule has 1 aromatic carbocycles. The number of amides is 2. The van der Waals surface area contributed by atoms with Crippen LogP contribution in [0.5, 0.6) is 0 Å². The third-order valence-electron chi connectivity index (χ3n) is 5.36. The van der Waals surface area contributed by atoms with Gasteiger partial charge in [-0.05, 0) is 37.8 Å². The van der Waals surface area contributed by atoms with E-state index >= 15 is 0 Å². The quantitative estimate of drug-likeness (QED) is 0.790. The Labute approximate surface area is 165 Å². The number of carbonyl (C=O) groups is 3. The van der Waals surface area contributed by atoms with Gasteiger partial charge >= 0.3 is 5.97 Å². The van der Waals surface area contributed by atoms with Crippen LogP contribution in [0.25, 0.3) is 0 Å². The predicted octanol–water partition coefficient (Wildman–Crippen LogP) is 2.80. The standard InChI is InChI=1S/C21H27N3O4/c1-14-8-6-7-11-17(14)22-20(26)15(2)28-21(27)18-12-13-19(25)24(23-18)16-9-4-3-5-10-16/h3-5,9-10,14-15,17H,6-8,11-13H2,1-2H3,(H,22,26)/t14-,15-,17+/m1/s1. The zero-order chi connectivity index (χ0) is 20.1. The van der Waals surface area contributed by atoms with E-state index in [4.69, 9.17) is 4.74 Å². The topological polar surface area (TPSA) is 88.1 Å². The predicted molar refractivity (Wildman–Crippen MR) is 106 cm³/mol. The summed E-state index contributed by atoms with van der Waals surface area (Å²) >= 11 is 0. The molecule has 1 N–H and O–H groups in total. The molecule has 3 atom stereocenters. The number of esters is 1. The molecule has 150 valence electrons. The van der Waals surface area contributed by atoms with Crippen LogP contribution in [0, 0.1) is 5.92 Å². The lowest BCUT2D eigenvalue weighted by Gasteiger charge is -2.30. The molecule has 28 heavy (non-hydrogen) atoms. The van der Waals surface area contributed by atoms with Gasteiger partial charge in [0, 0.05) is 18.9 Å². The van der Waals surface area contributed by atoms with Crippen LogP contribution in [-0.4, -0.2) is 35.6 Å². The molecular weight excluding hydrogens is 358 g/mol. The maximum Gasteiger partial charge on any atom is 0.355 e. The molecule has 2 amide bonds. The first-order valence-electron chi connectivity index (χ1n) is 9.92. The molecule has 0 radical (unpaired) electrons. The van der Waals surface area contributed by atoms with Gasteiger partial charge in [0.1, 0.15) is 5.71 Å². The van der Waals surface area contributed by atoms with Crippen LogP contribution >= 0.6 is 0 Å². The minimum absolute atomic E-state index is 0.126. The van der Waals surface area contributed by atoms with Gasteiger partial charge in [0.25, 0.3) is 5.91 Å². The average Bonchev–Trinajstić information content (AvgIpc) is 2.70. The Morgan fingerprint density at radius 3 is 2.61 bits per heavy atom. The number of para-hydroxylation sites is 1. The van der Waals surface area contributed by atoms with Gasteiger partial charge in [-0.25, -0.2) is 9.80 Å². The van der Waals surface area contributed by atoms with E-state index in [1.165, 1.54) is 11.4 Å². The van der Waals surface area contributed by atoms with Gasteiger partial charge in [0.15, 0.2) is 6.10 Å². The van der Waals surface area contributed by atoms with E-state index < -0.39 is 12.1 Å². The fourth-order valence-corrected chi connectivity index (χ4v) is 3.58. The van der Waals surface area contributed by atoms with Crippen LogP contribution < -0.4 is 10.3 Å². The highest BCUT2D eigenvalue weighted by atomic mass is 16.5. The van der Waals surface area contributed by atoms with E-state index in [0.717, 1.165) is 19.3 Å². The molecule has 2 aliphatic rings. The van der Waals surface area contributed by atoms with Gasteiger partial charge in [-0.3, -0.25) is 9.59 Å². The molecule has 7 heteroatoms. The molecule has 3 rings (SSSR count). The molecule has 0 bridgehead atoms. The van der Waals surface area contributed by atoms with Crippen molar-refractivity contribution in [2.75, 3.05) is 5.01 Å². The van der Waals surface area contributed by atoms with Gasteiger partial charge in [-0.2, -0.15) is 5.10 Å². The van der Waals surface area contributed by atoms with Gasteiger partial charge < -0.3 is 10.1 Å². The van der Waals surface area contributed by atoms with E-state index in [-0.39, 0.29) is 36.4 Å². The van der Waals surface area contributed by atoms with Crippen molar-refractivity contribution in [2.24, 2.45) is 11.0 Å². The minimum Gasteiger partial charge on any atom is -0.448 e. The van der Waals surface area contributed by atoms with Crippen molar-refractivity contribution in [1.29, 1.82) is 0 Å². The second-order valence-electron chi connectivity index (χ2n) is 7.51. The SMILES string of the molecule is C[C@@H]1CCCC[C@@H]1NC(=O)[C@@H](C)OC(=O)C1=NN(c2ccccc2)C(=O)CC1. The molecule has 7 nitrogen and oxygen atoms in total. The largest absolute Gasteiger partial charge is 0.448 e. The van der Waals surface area contributed by atoms with Crippen LogP contribution in [0.2, 0.25) is 0 Å². The van der Waals surface area contributed by atoms with Crippen molar-refractivity contribution in [3.05, 3.63) is 30.3 Å². The van der Waals surface area contributed by atoms with Crippen LogP contribution in [0.3, 0.4) is 0 Å². The summed E-state index contributed by atoms with van der Waals surface area (Å²) in [6, 6.07) is 9.05. The minimum atomic E-state index is -0.910. The van der Waals surface area contributed by atoms with Gasteiger partial charge in [-0.1, -0.05) is 38.0 Å². The summed E-state index contributed by atoms with van der Waals surface area (Å²) in [5.74, 6) is -0.708. The third-order valence-corrected chi connectivity index (χ3v) is 5.36. The molecule has 1 aliphatic heterocycles. The van der Waals surface area contributed by atoms with Crippen LogP contribution in [-0.2, 0) is 19.1 Å². The molecule has 0 aromatic heterocycles. The normalized spacial score (nSPS) is 23.6. The summed E-state index contributed by atoms with van der Waals surface area (Å²) in [7, 11) is 0. The van der Waals surface area contributed by atoms with E-state index in [2.05, 4.69) is 17.3 Å². The molecule has 1 aromatic rings.